The molecule has 0 amide bonds. The molecule has 30 heavy (non-hydrogen) atoms. The molecule has 3 aromatic carbocycles. The van der Waals surface area contributed by atoms with Crippen molar-refractivity contribution in [1.82, 2.24) is 4.90 Å². The molecule has 3 rings (SSSR count). The van der Waals surface area contributed by atoms with E-state index in [1.165, 1.54) is 0 Å². The molecule has 0 aliphatic carbocycles. The van der Waals surface area contributed by atoms with Gasteiger partial charge in [0, 0.05) is 21.6 Å². The molecule has 1 atom stereocenters. The molecule has 0 bridgehead atoms. The van der Waals surface area contributed by atoms with Gasteiger partial charge in [-0.1, -0.05) is 66.7 Å². The van der Waals surface area contributed by atoms with Gasteiger partial charge in [0.25, 0.3) is 0 Å². The third-order valence-corrected chi connectivity index (χ3v) is 6.37. The highest BCUT2D eigenvalue weighted by molar-refractivity contribution is 7.98. The van der Waals surface area contributed by atoms with Crippen LogP contribution in [0.4, 0.5) is 0 Å². The lowest BCUT2D eigenvalue weighted by atomic mass is 9.84. The Kier molecular flexibility index (Phi) is 6.91. The van der Waals surface area contributed by atoms with Crippen LogP contribution in [0.15, 0.2) is 83.8 Å². The smallest absolute Gasteiger partial charge is 0.193 e. The molecule has 0 saturated heterocycles. The number of carbonyl (C=O) groups is 2. The van der Waals surface area contributed by atoms with E-state index in [9.17, 15) is 9.59 Å². The molecule has 0 aromatic heterocycles. The van der Waals surface area contributed by atoms with Crippen molar-refractivity contribution < 1.29 is 9.59 Å². The minimum absolute atomic E-state index is 0.00230. The third-order valence-electron chi connectivity index (χ3n) is 5.63. The summed E-state index contributed by atoms with van der Waals surface area (Å²) < 4.78 is 0. The number of benzene rings is 3. The fraction of sp³-hybridized carbons (Fsp3) is 0.231. The van der Waals surface area contributed by atoms with Crippen molar-refractivity contribution in [2.75, 3.05) is 20.4 Å². The molecular formula is C26H27NO2S. The van der Waals surface area contributed by atoms with Crippen LogP contribution in [-0.2, 0) is 6.42 Å². The van der Waals surface area contributed by atoms with Crippen LogP contribution >= 0.6 is 11.8 Å². The highest BCUT2D eigenvalue weighted by atomic mass is 32.2. The largest absolute Gasteiger partial charge is 0.297 e. The second-order valence-electron chi connectivity index (χ2n) is 7.79. The van der Waals surface area contributed by atoms with Gasteiger partial charge < -0.3 is 0 Å². The summed E-state index contributed by atoms with van der Waals surface area (Å²) in [5.74, 6) is 0.0899. The predicted molar refractivity (Wildman–Crippen MR) is 125 cm³/mol. The molecular weight excluding hydrogens is 390 g/mol. The number of rotatable bonds is 8. The second-order valence-corrected chi connectivity index (χ2v) is 8.67. The summed E-state index contributed by atoms with van der Waals surface area (Å²) in [6.45, 7) is 1.97. The molecule has 0 fully saturated rings. The highest BCUT2D eigenvalue weighted by Crippen LogP contribution is 2.26. The van der Waals surface area contributed by atoms with Gasteiger partial charge >= 0.3 is 0 Å². The van der Waals surface area contributed by atoms with Gasteiger partial charge in [0.15, 0.2) is 11.6 Å². The Labute approximate surface area is 183 Å². The number of hydrogen-bond donors (Lipinski definition) is 0. The summed E-state index contributed by atoms with van der Waals surface area (Å²) >= 11 is 1.66. The van der Waals surface area contributed by atoms with Gasteiger partial charge in [-0.2, -0.15) is 0 Å². The number of likely N-dealkylation sites (N-methyl/N-ethyl adjacent to an activating group) is 1. The second kappa shape index (κ2) is 9.41. The van der Waals surface area contributed by atoms with E-state index in [0.29, 0.717) is 23.1 Å². The van der Waals surface area contributed by atoms with E-state index < -0.39 is 5.54 Å². The Balaban J connectivity index is 1.82. The molecule has 0 radical (unpaired) electrons. The zero-order chi connectivity index (χ0) is 21.7. The standard InChI is InChI=1S/C26H27NO2S/c1-26(27(2)3,25(29)22-14-16-23(30-4)17-15-22)18-19-10-12-21(13-11-19)24(28)20-8-6-5-7-9-20/h5-17H,18H2,1-4H3. The topological polar surface area (TPSA) is 37.4 Å². The van der Waals surface area contributed by atoms with Gasteiger partial charge in [0.2, 0.25) is 0 Å². The van der Waals surface area contributed by atoms with Crippen molar-refractivity contribution in [1.29, 1.82) is 0 Å². The van der Waals surface area contributed by atoms with Crippen LogP contribution in [0.5, 0.6) is 0 Å². The van der Waals surface area contributed by atoms with Crippen molar-refractivity contribution in [3.05, 3.63) is 101 Å². The normalized spacial score (nSPS) is 13.1. The number of Topliss-reactive ketones (excluding diaryl/α,β-unsaturated/α-hetero) is 1. The van der Waals surface area contributed by atoms with Crippen LogP contribution in [0.3, 0.4) is 0 Å². The van der Waals surface area contributed by atoms with Crippen molar-refractivity contribution in [3.8, 4) is 0 Å². The van der Waals surface area contributed by atoms with E-state index in [0.717, 1.165) is 10.5 Å². The zero-order valence-electron chi connectivity index (χ0n) is 17.9. The molecule has 0 aliphatic rings. The SMILES string of the molecule is CSc1ccc(C(=O)C(C)(Cc2ccc(C(=O)c3ccccc3)cc2)N(C)C)cc1. The van der Waals surface area contributed by atoms with Crippen LogP contribution in [0.1, 0.15) is 38.8 Å². The van der Waals surface area contributed by atoms with Gasteiger partial charge in [-0.25, -0.2) is 0 Å². The first-order chi connectivity index (χ1) is 14.3. The highest BCUT2D eigenvalue weighted by Gasteiger charge is 2.36. The van der Waals surface area contributed by atoms with Crippen LogP contribution in [0, 0.1) is 0 Å². The van der Waals surface area contributed by atoms with Crippen molar-refractivity contribution in [2.45, 2.75) is 23.8 Å². The number of ketones is 2. The third kappa shape index (κ3) is 4.72. The van der Waals surface area contributed by atoms with E-state index in [-0.39, 0.29) is 11.6 Å². The van der Waals surface area contributed by atoms with Crippen LogP contribution in [0.25, 0.3) is 0 Å². The molecule has 1 unspecified atom stereocenters. The summed E-state index contributed by atoms with van der Waals surface area (Å²) in [5.41, 5.74) is 2.36. The molecule has 0 aliphatic heterocycles. The Morgan fingerprint density at radius 2 is 1.33 bits per heavy atom. The van der Waals surface area contributed by atoms with E-state index in [4.69, 9.17) is 0 Å². The Morgan fingerprint density at radius 1 is 0.800 bits per heavy atom. The van der Waals surface area contributed by atoms with Gasteiger partial charge in [0.1, 0.15) is 0 Å². The minimum atomic E-state index is -0.689. The Morgan fingerprint density at radius 3 is 1.87 bits per heavy atom. The van der Waals surface area contributed by atoms with E-state index in [1.807, 2.05) is 111 Å². The molecule has 0 spiro atoms. The summed E-state index contributed by atoms with van der Waals surface area (Å²) in [4.78, 5) is 29.1. The lowest BCUT2D eigenvalue weighted by Gasteiger charge is -2.35. The summed E-state index contributed by atoms with van der Waals surface area (Å²) in [6, 6.07) is 24.6. The van der Waals surface area contributed by atoms with Gasteiger partial charge in [-0.15, -0.1) is 11.8 Å². The van der Waals surface area contributed by atoms with Crippen LogP contribution in [0.2, 0.25) is 0 Å². The lowest BCUT2D eigenvalue weighted by Crippen LogP contribution is -2.50. The molecule has 154 valence electrons. The molecule has 3 aromatic rings. The minimum Gasteiger partial charge on any atom is -0.297 e. The molecule has 4 heteroatoms. The Hall–Kier alpha value is -2.69. The summed E-state index contributed by atoms with van der Waals surface area (Å²) in [5, 5.41) is 0. The van der Waals surface area contributed by atoms with E-state index >= 15 is 0 Å². The first-order valence-corrected chi connectivity index (χ1v) is 11.1. The summed E-state index contributed by atoms with van der Waals surface area (Å²) in [6.07, 6.45) is 2.58. The van der Waals surface area contributed by atoms with E-state index in [2.05, 4.69) is 0 Å². The first kappa shape index (κ1) is 22.0. The fourth-order valence-electron chi connectivity index (χ4n) is 3.42. The first-order valence-electron chi connectivity index (χ1n) is 9.90. The number of nitrogens with zero attached hydrogens (tertiary/aromatic N) is 1. The molecule has 0 heterocycles. The van der Waals surface area contributed by atoms with Crippen molar-refractivity contribution in [2.24, 2.45) is 0 Å². The molecule has 3 nitrogen and oxygen atoms in total. The number of thioether (sulfide) groups is 1. The van der Waals surface area contributed by atoms with Crippen LogP contribution < -0.4 is 0 Å². The number of hydrogen-bond acceptors (Lipinski definition) is 4. The lowest BCUT2D eigenvalue weighted by molar-refractivity contribution is 0.0718. The Bertz CT molecular complexity index is 1010. The van der Waals surface area contributed by atoms with Crippen molar-refractivity contribution >= 4 is 23.3 Å². The predicted octanol–water partition coefficient (Wildman–Crippen LogP) is 5.39. The van der Waals surface area contributed by atoms with Crippen LogP contribution in [-0.4, -0.2) is 42.4 Å². The average Bonchev–Trinajstić information content (AvgIpc) is 2.79. The average molecular weight is 418 g/mol. The monoisotopic (exact) mass is 417 g/mol. The van der Waals surface area contributed by atoms with Gasteiger partial charge in [0.05, 0.1) is 5.54 Å². The van der Waals surface area contributed by atoms with Crippen molar-refractivity contribution in [3.63, 3.8) is 0 Å². The fourth-order valence-corrected chi connectivity index (χ4v) is 3.83. The summed E-state index contributed by atoms with van der Waals surface area (Å²) in [7, 11) is 3.86. The molecule has 0 N–H and O–H groups in total. The maximum absolute atomic E-state index is 13.4. The number of carbonyl (C=O) groups excluding carboxylic acids is 2. The quantitative estimate of drug-likeness (QED) is 0.364. The maximum atomic E-state index is 13.4. The van der Waals surface area contributed by atoms with E-state index in [1.54, 1.807) is 11.8 Å². The van der Waals surface area contributed by atoms with Gasteiger partial charge in [-0.3, -0.25) is 14.5 Å². The zero-order valence-corrected chi connectivity index (χ0v) is 18.7. The maximum Gasteiger partial charge on any atom is 0.193 e. The van der Waals surface area contributed by atoms with Gasteiger partial charge in [-0.05, 0) is 51.4 Å². The molecule has 0 saturated carbocycles.